The molecule has 28 heavy (non-hydrogen) atoms. The smallest absolute Gasteiger partial charge is 0.317 e. The minimum Gasteiger partial charge on any atom is -0.338 e. The molecule has 1 aliphatic rings. The molecule has 3 rings (SSSR count). The maximum Gasteiger partial charge on any atom is 0.317 e. The van der Waals surface area contributed by atoms with Gasteiger partial charge in [0.2, 0.25) is 5.01 Å². The molecule has 7 nitrogen and oxygen atoms in total. The molecule has 3 amide bonds. The summed E-state index contributed by atoms with van der Waals surface area (Å²) in [6, 6.07) is 7.64. The Morgan fingerprint density at radius 1 is 1.18 bits per heavy atom. The Hall–Kier alpha value is -2.48. The number of carbonyl (C=O) groups is 2. The highest BCUT2D eigenvalue weighted by atomic mass is 32.1. The van der Waals surface area contributed by atoms with Crippen molar-refractivity contribution in [2.75, 3.05) is 25.0 Å². The summed E-state index contributed by atoms with van der Waals surface area (Å²) < 4.78 is 0. The molecule has 8 heteroatoms. The maximum atomic E-state index is 12.4. The minimum atomic E-state index is -0.238. The number of hydrogen-bond acceptors (Lipinski definition) is 5. The lowest BCUT2D eigenvalue weighted by Gasteiger charge is -2.31. The molecule has 2 heterocycles. The van der Waals surface area contributed by atoms with Crippen LogP contribution in [0.5, 0.6) is 0 Å². The van der Waals surface area contributed by atoms with Gasteiger partial charge in [0.1, 0.15) is 5.01 Å². The lowest BCUT2D eigenvalue weighted by Crippen LogP contribution is -2.45. The SMILES string of the molecule is Cc1ccc(NC(=O)c2nnc(C3CCN(C(=O)NCC(C)C)CC3)s2)cc1. The van der Waals surface area contributed by atoms with E-state index in [1.54, 1.807) is 0 Å². The highest BCUT2D eigenvalue weighted by molar-refractivity contribution is 7.13. The molecule has 0 bridgehead atoms. The molecule has 1 saturated heterocycles. The first-order chi connectivity index (χ1) is 13.4. The van der Waals surface area contributed by atoms with Crippen LogP contribution >= 0.6 is 11.3 Å². The van der Waals surface area contributed by atoms with Crippen molar-refractivity contribution in [3.05, 3.63) is 39.8 Å². The number of carbonyl (C=O) groups excluding carboxylic acids is 2. The van der Waals surface area contributed by atoms with Gasteiger partial charge in [0, 0.05) is 31.2 Å². The lowest BCUT2D eigenvalue weighted by atomic mass is 9.98. The number of nitrogens with one attached hydrogen (secondary N) is 2. The third-order valence-electron chi connectivity index (χ3n) is 4.74. The molecule has 0 aliphatic carbocycles. The quantitative estimate of drug-likeness (QED) is 0.801. The Morgan fingerprint density at radius 3 is 2.50 bits per heavy atom. The number of anilines is 1. The van der Waals surface area contributed by atoms with Crippen LogP contribution in [0.4, 0.5) is 10.5 Å². The summed E-state index contributed by atoms with van der Waals surface area (Å²) in [7, 11) is 0. The summed E-state index contributed by atoms with van der Waals surface area (Å²) in [5.74, 6) is 0.443. The fourth-order valence-electron chi connectivity index (χ4n) is 3.05. The van der Waals surface area contributed by atoms with Crippen molar-refractivity contribution in [3.63, 3.8) is 0 Å². The molecule has 0 radical (unpaired) electrons. The Labute approximate surface area is 169 Å². The van der Waals surface area contributed by atoms with Crippen LogP contribution < -0.4 is 10.6 Å². The largest absolute Gasteiger partial charge is 0.338 e. The third-order valence-corrected chi connectivity index (χ3v) is 5.82. The van der Waals surface area contributed by atoms with Gasteiger partial charge in [-0.3, -0.25) is 4.79 Å². The van der Waals surface area contributed by atoms with Crippen molar-refractivity contribution >= 4 is 29.0 Å². The van der Waals surface area contributed by atoms with Crippen molar-refractivity contribution in [3.8, 4) is 0 Å². The van der Waals surface area contributed by atoms with Gasteiger partial charge in [0.25, 0.3) is 5.91 Å². The van der Waals surface area contributed by atoms with E-state index in [2.05, 4.69) is 34.7 Å². The van der Waals surface area contributed by atoms with Gasteiger partial charge in [-0.2, -0.15) is 0 Å². The van der Waals surface area contributed by atoms with Gasteiger partial charge in [0.05, 0.1) is 0 Å². The maximum absolute atomic E-state index is 12.4. The Morgan fingerprint density at radius 2 is 1.86 bits per heavy atom. The molecule has 0 saturated carbocycles. The Balaban J connectivity index is 1.52. The van der Waals surface area contributed by atoms with Gasteiger partial charge in [-0.25, -0.2) is 4.79 Å². The zero-order valence-electron chi connectivity index (χ0n) is 16.6. The van der Waals surface area contributed by atoms with E-state index < -0.39 is 0 Å². The van der Waals surface area contributed by atoms with Crippen LogP contribution in [0.1, 0.15) is 53.0 Å². The molecule has 2 aromatic rings. The zero-order chi connectivity index (χ0) is 20.1. The van der Waals surface area contributed by atoms with E-state index in [0.717, 1.165) is 29.1 Å². The predicted molar refractivity (Wildman–Crippen MR) is 111 cm³/mol. The second kappa shape index (κ2) is 9.14. The summed E-state index contributed by atoms with van der Waals surface area (Å²) in [5, 5.41) is 15.4. The second-order valence-corrected chi connectivity index (χ2v) is 8.62. The Kier molecular flexibility index (Phi) is 6.61. The monoisotopic (exact) mass is 401 g/mol. The van der Waals surface area contributed by atoms with E-state index in [0.29, 0.717) is 30.6 Å². The predicted octanol–water partition coefficient (Wildman–Crippen LogP) is 3.64. The standard InChI is InChI=1S/C20H27N5O2S/c1-13(2)12-21-20(27)25-10-8-15(9-11-25)18-23-24-19(28-18)17(26)22-16-6-4-14(3)5-7-16/h4-7,13,15H,8-12H2,1-3H3,(H,21,27)(H,22,26). The Bertz CT molecular complexity index is 810. The summed E-state index contributed by atoms with van der Waals surface area (Å²) in [6.45, 7) is 8.23. The van der Waals surface area contributed by atoms with Gasteiger partial charge in [-0.05, 0) is 37.8 Å². The van der Waals surface area contributed by atoms with Crippen molar-refractivity contribution in [1.29, 1.82) is 0 Å². The van der Waals surface area contributed by atoms with Gasteiger partial charge < -0.3 is 15.5 Å². The van der Waals surface area contributed by atoms with Crippen LogP contribution in [0.2, 0.25) is 0 Å². The van der Waals surface area contributed by atoms with Gasteiger partial charge in [-0.1, -0.05) is 42.9 Å². The number of aryl methyl sites for hydroxylation is 1. The number of rotatable bonds is 5. The van der Waals surface area contributed by atoms with Crippen LogP contribution in [0.3, 0.4) is 0 Å². The molecule has 1 aromatic heterocycles. The van der Waals surface area contributed by atoms with Crippen LogP contribution in [0.15, 0.2) is 24.3 Å². The van der Waals surface area contributed by atoms with Crippen molar-refractivity contribution in [2.45, 2.75) is 39.5 Å². The van der Waals surface area contributed by atoms with Crippen LogP contribution in [0.25, 0.3) is 0 Å². The van der Waals surface area contributed by atoms with E-state index in [1.807, 2.05) is 36.1 Å². The minimum absolute atomic E-state index is 0.00239. The number of likely N-dealkylation sites (tertiary alicyclic amines) is 1. The van der Waals surface area contributed by atoms with Crippen LogP contribution in [0, 0.1) is 12.8 Å². The highest BCUT2D eigenvalue weighted by Gasteiger charge is 2.27. The van der Waals surface area contributed by atoms with E-state index in [-0.39, 0.29) is 17.9 Å². The zero-order valence-corrected chi connectivity index (χ0v) is 17.4. The number of benzene rings is 1. The molecule has 1 aliphatic heterocycles. The van der Waals surface area contributed by atoms with E-state index >= 15 is 0 Å². The summed E-state index contributed by atoms with van der Waals surface area (Å²) >= 11 is 1.34. The molecule has 0 spiro atoms. The number of hydrogen-bond donors (Lipinski definition) is 2. The van der Waals surface area contributed by atoms with E-state index in [9.17, 15) is 9.59 Å². The van der Waals surface area contributed by atoms with Crippen molar-refractivity contribution in [2.24, 2.45) is 5.92 Å². The first-order valence-electron chi connectivity index (χ1n) is 9.66. The number of amides is 3. The summed E-state index contributed by atoms with van der Waals surface area (Å²) in [6.07, 6.45) is 1.67. The molecule has 1 fully saturated rings. The van der Waals surface area contributed by atoms with E-state index in [4.69, 9.17) is 0 Å². The van der Waals surface area contributed by atoms with E-state index in [1.165, 1.54) is 11.3 Å². The van der Waals surface area contributed by atoms with Gasteiger partial charge in [0.15, 0.2) is 0 Å². The number of piperidine rings is 1. The van der Waals surface area contributed by atoms with Crippen LogP contribution in [-0.2, 0) is 0 Å². The molecule has 0 unspecified atom stereocenters. The fourth-order valence-corrected chi connectivity index (χ4v) is 3.95. The van der Waals surface area contributed by atoms with Crippen molar-refractivity contribution in [1.82, 2.24) is 20.4 Å². The summed E-state index contributed by atoms with van der Waals surface area (Å²) in [4.78, 5) is 26.4. The molecule has 1 aromatic carbocycles. The first-order valence-corrected chi connectivity index (χ1v) is 10.5. The fraction of sp³-hybridized carbons (Fsp3) is 0.500. The first kappa shape index (κ1) is 20.3. The number of urea groups is 1. The van der Waals surface area contributed by atoms with Crippen LogP contribution in [-0.4, -0.2) is 46.7 Å². The average molecular weight is 402 g/mol. The number of aromatic nitrogens is 2. The lowest BCUT2D eigenvalue weighted by molar-refractivity contribution is 0.102. The average Bonchev–Trinajstić information content (AvgIpc) is 3.18. The normalized spacial score (nSPS) is 14.9. The van der Waals surface area contributed by atoms with Gasteiger partial charge >= 0.3 is 6.03 Å². The molecular formula is C20H27N5O2S. The van der Waals surface area contributed by atoms with Gasteiger partial charge in [-0.15, -0.1) is 10.2 Å². The molecule has 0 atom stereocenters. The molecule has 2 N–H and O–H groups in total. The van der Waals surface area contributed by atoms with Crippen molar-refractivity contribution < 1.29 is 9.59 Å². The second-order valence-electron chi connectivity index (χ2n) is 7.61. The topological polar surface area (TPSA) is 87.2 Å². The third kappa shape index (κ3) is 5.28. The molecule has 150 valence electrons. The highest BCUT2D eigenvalue weighted by Crippen LogP contribution is 2.30. The summed E-state index contributed by atoms with van der Waals surface area (Å²) in [5.41, 5.74) is 1.88. The number of nitrogens with zero attached hydrogens (tertiary/aromatic N) is 3. The molecular weight excluding hydrogens is 374 g/mol.